The molecular weight excluding hydrogens is 398 g/mol. The number of thioether (sulfide) groups is 1. The molecule has 1 aliphatic rings. The molecule has 3 aromatic rings. The van der Waals surface area contributed by atoms with E-state index in [4.69, 9.17) is 21.1 Å². The van der Waals surface area contributed by atoms with Crippen molar-refractivity contribution in [3.63, 3.8) is 0 Å². The Morgan fingerprint density at radius 2 is 2.14 bits per heavy atom. The monoisotopic (exact) mass is 415 g/mol. The molecular formula is C20H18ClN3O3S. The number of aromatic amines is 1. The van der Waals surface area contributed by atoms with E-state index in [9.17, 15) is 4.79 Å². The molecule has 1 aliphatic heterocycles. The minimum Gasteiger partial charge on any atom is -0.493 e. The predicted molar refractivity (Wildman–Crippen MR) is 110 cm³/mol. The van der Waals surface area contributed by atoms with E-state index in [2.05, 4.69) is 15.5 Å². The molecule has 0 saturated heterocycles. The molecule has 28 heavy (non-hydrogen) atoms. The first-order chi connectivity index (χ1) is 13.6. The largest absolute Gasteiger partial charge is 0.493 e. The number of anilines is 1. The Hall–Kier alpha value is -2.64. The summed E-state index contributed by atoms with van der Waals surface area (Å²) in [6.07, 6.45) is 1.75. The summed E-state index contributed by atoms with van der Waals surface area (Å²) in [5.41, 5.74) is 2.91. The molecule has 4 rings (SSSR count). The van der Waals surface area contributed by atoms with Gasteiger partial charge in [-0.25, -0.2) is 0 Å². The van der Waals surface area contributed by atoms with Gasteiger partial charge in [0.25, 0.3) is 0 Å². The summed E-state index contributed by atoms with van der Waals surface area (Å²) in [7, 11) is 1.61. The van der Waals surface area contributed by atoms with Gasteiger partial charge in [0.05, 0.1) is 24.3 Å². The fourth-order valence-corrected chi connectivity index (χ4v) is 4.35. The lowest BCUT2D eigenvalue weighted by Crippen LogP contribution is -2.12. The number of H-pyrrole nitrogens is 1. The highest BCUT2D eigenvalue weighted by Crippen LogP contribution is 2.43. The van der Waals surface area contributed by atoms with Crippen molar-refractivity contribution in [3.05, 3.63) is 70.4 Å². The lowest BCUT2D eigenvalue weighted by molar-refractivity contribution is -0.113. The fourth-order valence-electron chi connectivity index (χ4n) is 3.05. The molecule has 1 unspecified atom stereocenters. The number of ether oxygens (including phenoxy) is 2. The number of fused-ring (bicyclic) bond motifs is 1. The number of aromatic nitrogens is 2. The summed E-state index contributed by atoms with van der Waals surface area (Å²) in [6.45, 7) is 0.370. The number of amides is 1. The second-order valence-corrected chi connectivity index (χ2v) is 7.80. The van der Waals surface area contributed by atoms with E-state index in [1.165, 1.54) is 0 Å². The smallest absolute Gasteiger partial charge is 0.235 e. The second-order valence-electron chi connectivity index (χ2n) is 6.27. The Kier molecular flexibility index (Phi) is 5.45. The van der Waals surface area contributed by atoms with Gasteiger partial charge in [0, 0.05) is 10.6 Å². The molecule has 0 fully saturated rings. The Bertz CT molecular complexity index is 1010. The SMILES string of the molecule is COc1ccc(C2SCC(=O)Nc3[nH]ncc32)cc1OCc1cccc(Cl)c1. The minimum atomic E-state index is -0.0519. The summed E-state index contributed by atoms with van der Waals surface area (Å²) in [5, 5.41) is 10.4. The topological polar surface area (TPSA) is 76.2 Å². The molecule has 2 N–H and O–H groups in total. The molecule has 1 atom stereocenters. The Morgan fingerprint density at radius 1 is 1.25 bits per heavy atom. The van der Waals surface area contributed by atoms with E-state index in [0.717, 1.165) is 16.7 Å². The first-order valence-electron chi connectivity index (χ1n) is 8.64. The number of carbonyl (C=O) groups is 1. The zero-order valence-electron chi connectivity index (χ0n) is 15.1. The fraction of sp³-hybridized carbons (Fsp3) is 0.200. The van der Waals surface area contributed by atoms with Gasteiger partial charge in [-0.2, -0.15) is 5.10 Å². The van der Waals surface area contributed by atoms with Crippen LogP contribution in [-0.2, 0) is 11.4 Å². The average molecular weight is 416 g/mol. The number of nitrogens with zero attached hydrogens (tertiary/aromatic N) is 1. The molecule has 0 spiro atoms. The van der Waals surface area contributed by atoms with Crippen molar-refractivity contribution in [1.29, 1.82) is 0 Å². The van der Waals surface area contributed by atoms with E-state index in [1.807, 2.05) is 42.5 Å². The van der Waals surface area contributed by atoms with Crippen molar-refractivity contribution < 1.29 is 14.3 Å². The van der Waals surface area contributed by atoms with Crippen LogP contribution in [0.4, 0.5) is 5.82 Å². The molecule has 2 heterocycles. The lowest BCUT2D eigenvalue weighted by Gasteiger charge is -2.17. The molecule has 0 bridgehead atoms. The third-order valence-corrected chi connectivity index (χ3v) is 5.89. The first-order valence-corrected chi connectivity index (χ1v) is 10.1. The van der Waals surface area contributed by atoms with Crippen LogP contribution in [-0.4, -0.2) is 29.0 Å². The number of halogens is 1. The van der Waals surface area contributed by atoms with Crippen LogP contribution in [0.1, 0.15) is 21.9 Å². The van der Waals surface area contributed by atoms with Crippen molar-refractivity contribution in [2.75, 3.05) is 18.2 Å². The predicted octanol–water partition coefficient (Wildman–Crippen LogP) is 4.43. The number of hydrogen-bond donors (Lipinski definition) is 2. The number of rotatable bonds is 5. The third kappa shape index (κ3) is 3.95. The number of nitrogens with one attached hydrogen (secondary N) is 2. The Morgan fingerprint density at radius 3 is 2.96 bits per heavy atom. The molecule has 6 nitrogen and oxygen atoms in total. The van der Waals surface area contributed by atoms with E-state index in [1.54, 1.807) is 25.1 Å². The van der Waals surface area contributed by atoms with Gasteiger partial charge in [0.1, 0.15) is 12.4 Å². The van der Waals surface area contributed by atoms with E-state index in [0.29, 0.717) is 34.7 Å². The summed E-state index contributed by atoms with van der Waals surface area (Å²) in [6, 6.07) is 13.4. The third-order valence-electron chi connectivity index (χ3n) is 4.37. The summed E-state index contributed by atoms with van der Waals surface area (Å²) >= 11 is 7.60. The quantitative estimate of drug-likeness (QED) is 0.644. The Labute approximate surface area is 171 Å². The summed E-state index contributed by atoms with van der Waals surface area (Å²) < 4.78 is 11.5. The minimum absolute atomic E-state index is 0.0490. The molecule has 144 valence electrons. The van der Waals surface area contributed by atoms with Crippen LogP contribution in [0.3, 0.4) is 0 Å². The molecule has 0 saturated carbocycles. The van der Waals surface area contributed by atoms with Crippen molar-refractivity contribution >= 4 is 35.1 Å². The van der Waals surface area contributed by atoms with Gasteiger partial charge in [0.15, 0.2) is 11.5 Å². The second kappa shape index (κ2) is 8.16. The number of carbonyl (C=O) groups excluding carboxylic acids is 1. The van der Waals surface area contributed by atoms with E-state index < -0.39 is 0 Å². The molecule has 2 aromatic carbocycles. The lowest BCUT2D eigenvalue weighted by atomic mass is 10.1. The van der Waals surface area contributed by atoms with Crippen LogP contribution in [0.2, 0.25) is 5.02 Å². The van der Waals surface area contributed by atoms with Crippen LogP contribution in [0, 0.1) is 0 Å². The van der Waals surface area contributed by atoms with E-state index >= 15 is 0 Å². The standard InChI is InChI=1S/C20H18ClN3O3S/c1-26-16-6-5-13(8-17(16)27-10-12-3-2-4-14(21)7-12)19-15-9-22-24-20(15)23-18(25)11-28-19/h2-9,19H,10-11H2,1H3,(H2,22,23,24,25). The maximum absolute atomic E-state index is 11.9. The van der Waals surface area contributed by atoms with Gasteiger partial charge in [-0.3, -0.25) is 9.89 Å². The highest BCUT2D eigenvalue weighted by molar-refractivity contribution is 8.00. The van der Waals surface area contributed by atoms with Crippen LogP contribution < -0.4 is 14.8 Å². The van der Waals surface area contributed by atoms with Gasteiger partial charge in [0.2, 0.25) is 5.91 Å². The zero-order chi connectivity index (χ0) is 19.5. The maximum Gasteiger partial charge on any atom is 0.235 e. The normalized spacial score (nSPS) is 16.1. The van der Waals surface area contributed by atoms with Crippen molar-refractivity contribution in [1.82, 2.24) is 10.2 Å². The molecule has 1 aromatic heterocycles. The maximum atomic E-state index is 11.9. The molecule has 1 amide bonds. The van der Waals surface area contributed by atoms with Crippen LogP contribution >= 0.6 is 23.4 Å². The van der Waals surface area contributed by atoms with Crippen molar-refractivity contribution in [2.45, 2.75) is 11.9 Å². The molecule has 0 radical (unpaired) electrons. The number of hydrogen-bond acceptors (Lipinski definition) is 5. The van der Waals surface area contributed by atoms with Gasteiger partial charge >= 0.3 is 0 Å². The van der Waals surface area contributed by atoms with Gasteiger partial charge in [-0.1, -0.05) is 29.8 Å². The van der Waals surface area contributed by atoms with Crippen LogP contribution in [0.5, 0.6) is 11.5 Å². The van der Waals surface area contributed by atoms with Gasteiger partial charge in [-0.15, -0.1) is 11.8 Å². The van der Waals surface area contributed by atoms with Gasteiger partial charge < -0.3 is 14.8 Å². The Balaban J connectivity index is 1.62. The average Bonchev–Trinajstić information content (AvgIpc) is 3.08. The highest BCUT2D eigenvalue weighted by atomic mass is 35.5. The van der Waals surface area contributed by atoms with E-state index in [-0.39, 0.29) is 11.2 Å². The molecule has 8 heteroatoms. The zero-order valence-corrected chi connectivity index (χ0v) is 16.6. The van der Waals surface area contributed by atoms with Crippen LogP contribution in [0.15, 0.2) is 48.7 Å². The van der Waals surface area contributed by atoms with Crippen molar-refractivity contribution in [3.8, 4) is 11.5 Å². The number of methoxy groups -OCH3 is 1. The highest BCUT2D eigenvalue weighted by Gasteiger charge is 2.26. The van der Waals surface area contributed by atoms with Crippen LogP contribution in [0.25, 0.3) is 0 Å². The first kappa shape index (κ1) is 18.7. The van der Waals surface area contributed by atoms with Crippen molar-refractivity contribution in [2.24, 2.45) is 0 Å². The number of benzene rings is 2. The summed E-state index contributed by atoms with van der Waals surface area (Å²) in [5.74, 6) is 2.22. The van der Waals surface area contributed by atoms with Gasteiger partial charge in [-0.05, 0) is 35.4 Å². The summed E-state index contributed by atoms with van der Waals surface area (Å²) in [4.78, 5) is 11.9. The molecule has 0 aliphatic carbocycles.